The van der Waals surface area contributed by atoms with E-state index in [1.54, 1.807) is 24.3 Å². The number of fused-ring (bicyclic) bond motifs is 1. The summed E-state index contributed by atoms with van der Waals surface area (Å²) in [6.07, 6.45) is -1.21. The summed E-state index contributed by atoms with van der Waals surface area (Å²) < 4.78 is 36.9. The topological polar surface area (TPSA) is 158 Å². The van der Waals surface area contributed by atoms with E-state index < -0.39 is 47.3 Å². The predicted molar refractivity (Wildman–Crippen MR) is 119 cm³/mol. The Balaban J connectivity index is 1.68. The molecule has 4 rings (SSSR count). The summed E-state index contributed by atoms with van der Waals surface area (Å²) in [5.74, 6) is -0.444. The highest BCUT2D eigenvalue weighted by Crippen LogP contribution is 2.36. The fourth-order valence-corrected chi connectivity index (χ4v) is 4.95. The van der Waals surface area contributed by atoms with E-state index in [1.807, 2.05) is 0 Å². The minimum atomic E-state index is -1.52. The Morgan fingerprint density at radius 2 is 1.76 bits per heavy atom. The lowest BCUT2D eigenvalue weighted by molar-refractivity contribution is -0.165. The summed E-state index contributed by atoms with van der Waals surface area (Å²) >= 11 is 0. The van der Waals surface area contributed by atoms with E-state index >= 15 is 0 Å². The number of hydrogen-bond acceptors (Lipinski definition) is 11. The predicted octanol–water partition coefficient (Wildman–Crippen LogP) is 0.986. The molecule has 1 fully saturated rings. The molecule has 5 atom stereocenters. The summed E-state index contributed by atoms with van der Waals surface area (Å²) in [5.41, 5.74) is 6.56. The Morgan fingerprint density at radius 1 is 1.09 bits per heavy atom. The minimum absolute atomic E-state index is 0.0255. The highest BCUT2D eigenvalue weighted by molar-refractivity contribution is 7.85. The van der Waals surface area contributed by atoms with Crippen molar-refractivity contribution < 1.29 is 32.7 Å². The van der Waals surface area contributed by atoms with Gasteiger partial charge in [-0.1, -0.05) is 0 Å². The average molecular weight is 490 g/mol. The molecule has 0 bridgehead atoms. The van der Waals surface area contributed by atoms with Gasteiger partial charge in [0.05, 0.1) is 30.0 Å². The van der Waals surface area contributed by atoms with Crippen LogP contribution in [0.25, 0.3) is 11.2 Å². The SMILES string of the molecule is COc1ccc([S@](=O)C[C@H]2O[C@@H](n3cnc4c(N)ncnc43)[C@H](OC(C)=O)[C@@H]2OC(C)=O)cc1. The van der Waals surface area contributed by atoms with Crippen molar-refractivity contribution in [3.8, 4) is 5.75 Å². The molecule has 1 aliphatic heterocycles. The van der Waals surface area contributed by atoms with Crippen molar-refractivity contribution >= 4 is 39.7 Å². The Hall–Kier alpha value is -3.58. The van der Waals surface area contributed by atoms with Crippen LogP contribution in [0.15, 0.2) is 41.8 Å². The molecule has 0 unspecified atom stereocenters. The van der Waals surface area contributed by atoms with Gasteiger partial charge in [-0.3, -0.25) is 18.4 Å². The second-order valence-corrected chi connectivity index (χ2v) is 8.98. The van der Waals surface area contributed by atoms with E-state index in [2.05, 4.69) is 15.0 Å². The number of nitrogens with zero attached hydrogens (tertiary/aromatic N) is 4. The molecule has 3 aromatic rings. The van der Waals surface area contributed by atoms with Crippen LogP contribution >= 0.6 is 0 Å². The third kappa shape index (κ3) is 4.70. The number of methoxy groups -OCH3 is 1. The molecular formula is C21H23N5O7S. The largest absolute Gasteiger partial charge is 0.497 e. The van der Waals surface area contributed by atoms with E-state index in [0.717, 1.165) is 0 Å². The van der Waals surface area contributed by atoms with Crippen LogP contribution in [0.5, 0.6) is 5.75 Å². The van der Waals surface area contributed by atoms with Crippen molar-refractivity contribution in [2.75, 3.05) is 18.6 Å². The minimum Gasteiger partial charge on any atom is -0.497 e. The van der Waals surface area contributed by atoms with Gasteiger partial charge in [0.2, 0.25) is 0 Å². The molecule has 0 aliphatic carbocycles. The lowest BCUT2D eigenvalue weighted by Crippen LogP contribution is -2.40. The Bertz CT molecular complexity index is 1230. The van der Waals surface area contributed by atoms with Crippen LogP contribution in [0.4, 0.5) is 5.82 Å². The second kappa shape index (κ2) is 9.73. The fourth-order valence-electron chi connectivity index (χ4n) is 3.75. The smallest absolute Gasteiger partial charge is 0.303 e. The first-order valence-electron chi connectivity index (χ1n) is 10.2. The number of rotatable bonds is 7. The lowest BCUT2D eigenvalue weighted by Gasteiger charge is -2.23. The number of nitrogen functional groups attached to an aromatic ring is 1. The van der Waals surface area contributed by atoms with Gasteiger partial charge < -0.3 is 24.7 Å². The van der Waals surface area contributed by atoms with E-state index in [0.29, 0.717) is 21.8 Å². The molecule has 13 heteroatoms. The molecule has 0 radical (unpaired) electrons. The molecule has 2 N–H and O–H groups in total. The molecule has 0 amide bonds. The van der Waals surface area contributed by atoms with Gasteiger partial charge in [0.1, 0.15) is 23.7 Å². The zero-order chi connectivity index (χ0) is 24.4. The molecule has 1 saturated heterocycles. The highest BCUT2D eigenvalue weighted by atomic mass is 32.2. The van der Waals surface area contributed by atoms with Crippen LogP contribution in [-0.2, 0) is 34.6 Å². The lowest BCUT2D eigenvalue weighted by atomic mass is 10.1. The molecule has 3 heterocycles. The van der Waals surface area contributed by atoms with Gasteiger partial charge in [0.15, 0.2) is 29.9 Å². The van der Waals surface area contributed by atoms with Gasteiger partial charge in [-0.15, -0.1) is 0 Å². The average Bonchev–Trinajstić information content (AvgIpc) is 3.36. The summed E-state index contributed by atoms with van der Waals surface area (Å²) in [4.78, 5) is 36.7. The van der Waals surface area contributed by atoms with Gasteiger partial charge in [-0.2, -0.15) is 0 Å². The summed E-state index contributed by atoms with van der Waals surface area (Å²) in [6.45, 7) is 2.47. The maximum Gasteiger partial charge on any atom is 0.303 e. The van der Waals surface area contributed by atoms with E-state index in [9.17, 15) is 13.8 Å². The van der Waals surface area contributed by atoms with Crippen molar-refractivity contribution in [2.45, 2.75) is 43.3 Å². The van der Waals surface area contributed by atoms with E-state index in [4.69, 9.17) is 24.7 Å². The first-order chi connectivity index (χ1) is 16.3. The number of carbonyl (C=O) groups excluding carboxylic acids is 2. The Morgan fingerprint density at radius 3 is 2.41 bits per heavy atom. The van der Waals surface area contributed by atoms with E-state index in [1.165, 1.54) is 38.2 Å². The molecule has 1 aliphatic rings. The molecular weight excluding hydrogens is 466 g/mol. The van der Waals surface area contributed by atoms with Crippen molar-refractivity contribution in [2.24, 2.45) is 0 Å². The van der Waals surface area contributed by atoms with Gasteiger partial charge >= 0.3 is 11.9 Å². The molecule has 12 nitrogen and oxygen atoms in total. The third-order valence-corrected chi connectivity index (χ3v) is 6.62. The van der Waals surface area contributed by atoms with Crippen molar-refractivity contribution in [3.05, 3.63) is 36.9 Å². The van der Waals surface area contributed by atoms with Crippen LogP contribution in [0, 0.1) is 0 Å². The standard InChI is InChI=1S/C21H23N5O7S/c1-11(27)31-17-15(8-34(29)14-6-4-13(30-3)5-7-14)33-21(18(17)32-12(2)28)26-10-25-16-19(22)23-9-24-20(16)26/h4-7,9-10,15,17-18,21H,8H2,1-3H3,(H2,22,23,24)/t15-,17-,18-,21-,34-/m1/s1. The van der Waals surface area contributed by atoms with Crippen LogP contribution in [0.3, 0.4) is 0 Å². The highest BCUT2D eigenvalue weighted by Gasteiger charge is 2.51. The quantitative estimate of drug-likeness (QED) is 0.472. The first-order valence-corrected chi connectivity index (χ1v) is 11.6. The number of anilines is 1. The molecule has 1 aromatic carbocycles. The zero-order valence-corrected chi connectivity index (χ0v) is 19.4. The number of ether oxygens (including phenoxy) is 4. The maximum absolute atomic E-state index is 13.1. The van der Waals surface area contributed by atoms with Crippen LogP contribution in [0.2, 0.25) is 0 Å². The fraction of sp³-hybridized carbons (Fsp3) is 0.381. The van der Waals surface area contributed by atoms with Crippen molar-refractivity contribution in [1.29, 1.82) is 0 Å². The van der Waals surface area contributed by atoms with Crippen molar-refractivity contribution in [3.63, 3.8) is 0 Å². The zero-order valence-electron chi connectivity index (χ0n) is 18.6. The summed E-state index contributed by atoms with van der Waals surface area (Å²) in [5, 5.41) is 0. The van der Waals surface area contributed by atoms with Crippen molar-refractivity contribution in [1.82, 2.24) is 19.5 Å². The normalized spacial score (nSPS) is 22.9. The van der Waals surface area contributed by atoms with Crippen LogP contribution in [-0.4, -0.2) is 66.8 Å². The summed E-state index contributed by atoms with van der Waals surface area (Å²) in [6, 6.07) is 6.74. The van der Waals surface area contributed by atoms with Gasteiger partial charge in [0, 0.05) is 18.7 Å². The maximum atomic E-state index is 13.1. The number of carbonyl (C=O) groups is 2. The number of benzene rings is 1. The number of imidazole rings is 1. The van der Waals surface area contributed by atoms with Gasteiger partial charge in [-0.25, -0.2) is 15.0 Å². The summed E-state index contributed by atoms with van der Waals surface area (Å²) in [7, 11) is 0.0154. The number of nitrogens with two attached hydrogens (primary N) is 1. The number of esters is 2. The van der Waals surface area contributed by atoms with Gasteiger partial charge in [0.25, 0.3) is 0 Å². The third-order valence-electron chi connectivity index (χ3n) is 5.19. The second-order valence-electron chi connectivity index (χ2n) is 7.48. The van der Waals surface area contributed by atoms with E-state index in [-0.39, 0.29) is 11.6 Å². The molecule has 0 saturated carbocycles. The van der Waals surface area contributed by atoms with Crippen LogP contribution < -0.4 is 10.5 Å². The van der Waals surface area contributed by atoms with Gasteiger partial charge in [-0.05, 0) is 24.3 Å². The molecule has 0 spiro atoms. The number of aromatic nitrogens is 4. The molecule has 2 aromatic heterocycles. The monoisotopic (exact) mass is 489 g/mol. The molecule has 34 heavy (non-hydrogen) atoms. The number of hydrogen-bond donors (Lipinski definition) is 1. The van der Waals surface area contributed by atoms with Crippen LogP contribution in [0.1, 0.15) is 20.1 Å². The first kappa shape index (κ1) is 23.6. The Kier molecular flexibility index (Phi) is 6.75. The molecule has 180 valence electrons. The Labute approximate surface area is 196 Å².